The summed E-state index contributed by atoms with van der Waals surface area (Å²) in [6, 6.07) is 0.135. The lowest BCUT2D eigenvalue weighted by molar-refractivity contribution is -0.0269. The number of carbonyl (C=O) groups is 1. The van der Waals surface area contributed by atoms with Gasteiger partial charge in [-0.15, -0.1) is 0 Å². The summed E-state index contributed by atoms with van der Waals surface area (Å²) >= 11 is 0. The highest BCUT2D eigenvalue weighted by molar-refractivity contribution is 5.74. The van der Waals surface area contributed by atoms with Crippen molar-refractivity contribution < 1.29 is 14.1 Å². The predicted molar refractivity (Wildman–Crippen MR) is 93.2 cm³/mol. The molecule has 1 unspecified atom stereocenters. The highest BCUT2D eigenvalue weighted by Gasteiger charge is 2.47. The Morgan fingerprint density at radius 3 is 2.44 bits per heavy atom. The zero-order valence-corrected chi connectivity index (χ0v) is 15.8. The fourth-order valence-electron chi connectivity index (χ4n) is 3.69. The number of piperidine rings is 1. The first-order chi connectivity index (χ1) is 12.0. The molecule has 1 aromatic rings. The van der Waals surface area contributed by atoms with Crippen molar-refractivity contribution in [2.45, 2.75) is 58.0 Å². The van der Waals surface area contributed by atoms with Gasteiger partial charge in [-0.2, -0.15) is 4.98 Å². The van der Waals surface area contributed by atoms with E-state index in [1.54, 1.807) is 7.11 Å². The lowest BCUT2D eigenvalue weighted by atomic mass is 9.96. The van der Waals surface area contributed by atoms with Crippen LogP contribution in [0.4, 0.5) is 4.79 Å². The average molecular weight is 350 g/mol. The third-order valence-electron chi connectivity index (χ3n) is 5.81. The largest absolute Gasteiger partial charge is 0.370 e. The highest BCUT2D eigenvalue weighted by atomic mass is 16.5. The summed E-state index contributed by atoms with van der Waals surface area (Å²) < 4.78 is 11.3. The first-order valence-electron chi connectivity index (χ1n) is 9.46. The van der Waals surface area contributed by atoms with Crippen LogP contribution >= 0.6 is 0 Å². The maximum Gasteiger partial charge on any atom is 0.319 e. The molecule has 0 N–H and O–H groups in total. The number of carbonyl (C=O) groups excluding carboxylic acids is 1. The molecule has 0 aromatic carbocycles. The Morgan fingerprint density at radius 1 is 1.28 bits per heavy atom. The van der Waals surface area contributed by atoms with Crippen molar-refractivity contribution in [3.63, 3.8) is 0 Å². The van der Waals surface area contributed by atoms with E-state index in [9.17, 15) is 4.79 Å². The van der Waals surface area contributed by atoms with E-state index >= 15 is 0 Å². The summed E-state index contributed by atoms with van der Waals surface area (Å²) in [6.45, 7) is 9.05. The van der Waals surface area contributed by atoms with E-state index in [0.29, 0.717) is 17.6 Å². The van der Waals surface area contributed by atoms with Crippen LogP contribution < -0.4 is 0 Å². The molecular weight excluding hydrogens is 320 g/mol. The van der Waals surface area contributed by atoms with E-state index in [0.717, 1.165) is 51.9 Å². The number of likely N-dealkylation sites (tertiary alicyclic amines) is 1. The summed E-state index contributed by atoms with van der Waals surface area (Å²) in [4.78, 5) is 20.9. The van der Waals surface area contributed by atoms with Gasteiger partial charge in [0.25, 0.3) is 0 Å². The third-order valence-corrected chi connectivity index (χ3v) is 5.81. The summed E-state index contributed by atoms with van der Waals surface area (Å²) in [6.07, 6.45) is 4.03. The molecule has 1 aromatic heterocycles. The van der Waals surface area contributed by atoms with Gasteiger partial charge in [-0.1, -0.05) is 5.16 Å². The van der Waals surface area contributed by atoms with Gasteiger partial charge in [0.2, 0.25) is 11.7 Å². The molecule has 0 bridgehead atoms. The van der Waals surface area contributed by atoms with Crippen molar-refractivity contribution in [3.05, 3.63) is 11.7 Å². The number of ether oxygens (including phenoxy) is 1. The molecule has 1 atom stereocenters. The van der Waals surface area contributed by atoms with E-state index < -0.39 is 5.60 Å². The Hall–Kier alpha value is -1.63. The van der Waals surface area contributed by atoms with Gasteiger partial charge < -0.3 is 19.1 Å². The van der Waals surface area contributed by atoms with Crippen molar-refractivity contribution in [2.75, 3.05) is 33.3 Å². The van der Waals surface area contributed by atoms with Crippen molar-refractivity contribution in [1.82, 2.24) is 19.9 Å². The quantitative estimate of drug-likeness (QED) is 0.789. The van der Waals surface area contributed by atoms with Gasteiger partial charge in [0.05, 0.1) is 0 Å². The Balaban J connectivity index is 1.61. The number of rotatable bonds is 6. The van der Waals surface area contributed by atoms with Gasteiger partial charge in [0.1, 0.15) is 5.60 Å². The fourth-order valence-corrected chi connectivity index (χ4v) is 3.69. The van der Waals surface area contributed by atoms with Crippen LogP contribution in [0.2, 0.25) is 0 Å². The van der Waals surface area contributed by atoms with Gasteiger partial charge in [0, 0.05) is 39.2 Å². The second kappa shape index (κ2) is 7.32. The number of hydrogen-bond donors (Lipinski definition) is 0. The minimum atomic E-state index is -0.443. The summed E-state index contributed by atoms with van der Waals surface area (Å²) in [7, 11) is 1.71. The van der Waals surface area contributed by atoms with E-state index in [2.05, 4.69) is 10.1 Å². The molecule has 2 amide bonds. The van der Waals surface area contributed by atoms with Gasteiger partial charge >= 0.3 is 6.03 Å². The number of nitrogens with zero attached hydrogens (tertiary/aromatic N) is 4. The standard InChI is InChI=1S/C18H30N4O3/c1-5-21(6-2)17(23)22-11-9-13(10-12-22)15-19-16(20-25-15)18(3,24-4)14-7-8-14/h13-14H,5-12H2,1-4H3. The number of amides is 2. The van der Waals surface area contributed by atoms with E-state index in [4.69, 9.17) is 9.26 Å². The van der Waals surface area contributed by atoms with E-state index in [1.165, 1.54) is 0 Å². The molecule has 1 aliphatic carbocycles. The number of urea groups is 1. The van der Waals surface area contributed by atoms with E-state index in [-0.39, 0.29) is 11.9 Å². The number of aromatic nitrogens is 2. The lowest BCUT2D eigenvalue weighted by Gasteiger charge is -2.34. The molecule has 0 radical (unpaired) electrons. The first kappa shape index (κ1) is 18.2. The highest BCUT2D eigenvalue weighted by Crippen LogP contribution is 2.47. The average Bonchev–Trinajstić information content (AvgIpc) is 3.39. The molecule has 1 saturated carbocycles. The van der Waals surface area contributed by atoms with Crippen LogP contribution in [0, 0.1) is 5.92 Å². The monoisotopic (exact) mass is 350 g/mol. The summed E-state index contributed by atoms with van der Waals surface area (Å²) in [5.74, 6) is 2.06. The van der Waals surface area contributed by atoms with Crippen molar-refractivity contribution in [2.24, 2.45) is 5.92 Å². The van der Waals surface area contributed by atoms with E-state index in [1.807, 2.05) is 30.6 Å². The van der Waals surface area contributed by atoms with Gasteiger partial charge in [0.15, 0.2) is 0 Å². The van der Waals surface area contributed by atoms with Crippen molar-refractivity contribution in [1.29, 1.82) is 0 Å². The Kier molecular flexibility index (Phi) is 5.32. The van der Waals surface area contributed by atoms with Crippen LogP contribution in [-0.2, 0) is 10.3 Å². The van der Waals surface area contributed by atoms with Crippen LogP contribution in [0.15, 0.2) is 4.52 Å². The molecule has 140 valence electrons. The molecule has 2 fully saturated rings. The molecule has 0 spiro atoms. The van der Waals surface area contributed by atoms with Crippen molar-refractivity contribution >= 4 is 6.03 Å². The molecule has 1 aliphatic heterocycles. The normalized spacial score (nSPS) is 21.2. The van der Waals surface area contributed by atoms with Crippen LogP contribution in [-0.4, -0.2) is 59.3 Å². The zero-order chi connectivity index (χ0) is 18.0. The van der Waals surface area contributed by atoms with Crippen molar-refractivity contribution in [3.8, 4) is 0 Å². The fraction of sp³-hybridized carbons (Fsp3) is 0.833. The molecule has 2 aliphatic rings. The Morgan fingerprint density at radius 2 is 1.92 bits per heavy atom. The van der Waals surface area contributed by atoms with Gasteiger partial charge in [-0.3, -0.25) is 0 Å². The molecule has 1 saturated heterocycles. The van der Waals surface area contributed by atoms with Crippen LogP contribution in [0.3, 0.4) is 0 Å². The van der Waals surface area contributed by atoms with Crippen LogP contribution in [0.25, 0.3) is 0 Å². The SMILES string of the molecule is CCN(CC)C(=O)N1CCC(c2nc(C(C)(OC)C3CC3)no2)CC1. The molecule has 7 nitrogen and oxygen atoms in total. The minimum Gasteiger partial charge on any atom is -0.370 e. The zero-order valence-electron chi connectivity index (χ0n) is 15.8. The lowest BCUT2D eigenvalue weighted by Crippen LogP contribution is -2.46. The molecule has 3 rings (SSSR count). The van der Waals surface area contributed by atoms with Crippen LogP contribution in [0.1, 0.15) is 64.1 Å². The molecule has 2 heterocycles. The maximum atomic E-state index is 12.4. The second-order valence-corrected chi connectivity index (χ2v) is 7.26. The third kappa shape index (κ3) is 3.52. The first-order valence-corrected chi connectivity index (χ1v) is 9.46. The molecule has 7 heteroatoms. The Bertz CT molecular complexity index is 589. The smallest absolute Gasteiger partial charge is 0.319 e. The summed E-state index contributed by atoms with van der Waals surface area (Å²) in [5, 5.41) is 4.20. The van der Waals surface area contributed by atoms with Gasteiger partial charge in [-0.05, 0) is 52.4 Å². The minimum absolute atomic E-state index is 0.135. The second-order valence-electron chi connectivity index (χ2n) is 7.26. The number of hydrogen-bond acceptors (Lipinski definition) is 5. The molecular formula is C18H30N4O3. The molecule has 25 heavy (non-hydrogen) atoms. The topological polar surface area (TPSA) is 71.7 Å². The Labute approximate surface area is 149 Å². The van der Waals surface area contributed by atoms with Gasteiger partial charge in [-0.25, -0.2) is 4.79 Å². The van der Waals surface area contributed by atoms with Crippen LogP contribution in [0.5, 0.6) is 0 Å². The number of methoxy groups -OCH3 is 1. The summed E-state index contributed by atoms with van der Waals surface area (Å²) in [5.41, 5.74) is -0.443. The maximum absolute atomic E-state index is 12.4. The predicted octanol–water partition coefficient (Wildman–Crippen LogP) is 2.98.